The zero-order chi connectivity index (χ0) is 13.0. The molecule has 0 amide bonds. The lowest BCUT2D eigenvalue weighted by molar-refractivity contribution is -0.143. The molecule has 1 N–H and O–H groups in total. The van der Waals surface area contributed by atoms with E-state index < -0.39 is 6.04 Å². The fraction of sp³-hybridized carbons (Fsp3) is 0.692. The highest BCUT2D eigenvalue weighted by molar-refractivity contribution is 5.77. The molecule has 0 radical (unpaired) electrons. The van der Waals surface area contributed by atoms with Crippen LogP contribution in [0.15, 0.2) is 12.4 Å². The molecule has 0 spiro atoms. The molecule has 1 heterocycles. The monoisotopic (exact) mass is 251 g/mol. The number of esters is 1. The van der Waals surface area contributed by atoms with Crippen molar-refractivity contribution in [1.29, 1.82) is 0 Å². The third-order valence-corrected chi connectivity index (χ3v) is 3.50. The second-order valence-corrected chi connectivity index (χ2v) is 4.91. The first kappa shape index (κ1) is 13.1. The number of carbonyl (C=O) groups excluding carboxylic acids is 1. The van der Waals surface area contributed by atoms with E-state index in [0.717, 1.165) is 18.4 Å². The summed E-state index contributed by atoms with van der Waals surface area (Å²) in [5.41, 5.74) is 0.870. The van der Waals surface area contributed by atoms with E-state index in [0.29, 0.717) is 6.04 Å². The molecular weight excluding hydrogens is 230 g/mol. The number of hydrogen-bond acceptors (Lipinski definition) is 4. The lowest BCUT2D eigenvalue weighted by atomic mass is 9.94. The molecule has 0 aliphatic heterocycles. The summed E-state index contributed by atoms with van der Waals surface area (Å²) in [4.78, 5) is 11.9. The number of nitrogens with zero attached hydrogens (tertiary/aromatic N) is 2. The molecule has 1 fully saturated rings. The van der Waals surface area contributed by atoms with Gasteiger partial charge in [-0.15, -0.1) is 0 Å². The second kappa shape index (κ2) is 6.00. The Hall–Kier alpha value is -1.36. The van der Waals surface area contributed by atoms with Gasteiger partial charge in [-0.25, -0.2) is 4.79 Å². The molecule has 0 aromatic carbocycles. The van der Waals surface area contributed by atoms with Gasteiger partial charge >= 0.3 is 5.97 Å². The van der Waals surface area contributed by atoms with Gasteiger partial charge in [-0.3, -0.25) is 10.00 Å². The van der Waals surface area contributed by atoms with Crippen LogP contribution in [0.5, 0.6) is 0 Å². The predicted molar refractivity (Wildman–Crippen MR) is 68.0 cm³/mol. The highest BCUT2D eigenvalue weighted by Gasteiger charge is 2.26. The molecule has 1 aromatic rings. The Morgan fingerprint density at radius 2 is 2.22 bits per heavy atom. The van der Waals surface area contributed by atoms with Gasteiger partial charge in [-0.05, 0) is 12.8 Å². The van der Waals surface area contributed by atoms with Gasteiger partial charge in [0.05, 0.1) is 13.3 Å². The molecule has 2 rings (SSSR count). The zero-order valence-corrected chi connectivity index (χ0v) is 11.1. The number of rotatable bonds is 4. The third-order valence-electron chi connectivity index (χ3n) is 3.50. The van der Waals surface area contributed by atoms with Crippen molar-refractivity contribution in [2.45, 2.75) is 44.2 Å². The Morgan fingerprint density at radius 1 is 1.50 bits per heavy atom. The van der Waals surface area contributed by atoms with Gasteiger partial charge in [0.1, 0.15) is 6.04 Å². The summed E-state index contributed by atoms with van der Waals surface area (Å²) in [5, 5.41) is 7.52. The van der Waals surface area contributed by atoms with Crippen LogP contribution < -0.4 is 5.32 Å². The van der Waals surface area contributed by atoms with E-state index in [-0.39, 0.29) is 5.97 Å². The van der Waals surface area contributed by atoms with Crippen molar-refractivity contribution < 1.29 is 9.53 Å². The van der Waals surface area contributed by atoms with Crippen LogP contribution >= 0.6 is 0 Å². The van der Waals surface area contributed by atoms with Gasteiger partial charge in [0.25, 0.3) is 0 Å². The second-order valence-electron chi connectivity index (χ2n) is 4.91. The number of ether oxygens (including phenoxy) is 1. The lowest BCUT2D eigenvalue weighted by Gasteiger charge is -2.26. The van der Waals surface area contributed by atoms with Crippen molar-refractivity contribution in [2.75, 3.05) is 7.11 Å². The Balaban J connectivity index is 2.07. The molecule has 0 saturated heterocycles. The van der Waals surface area contributed by atoms with Gasteiger partial charge in [-0.1, -0.05) is 19.3 Å². The minimum Gasteiger partial charge on any atom is -0.468 e. The van der Waals surface area contributed by atoms with Crippen molar-refractivity contribution in [1.82, 2.24) is 15.1 Å². The number of carbonyl (C=O) groups is 1. The SMILES string of the molecule is COC(=O)C(NC1CCCCC1)c1cnn(C)c1. The van der Waals surface area contributed by atoms with Crippen molar-refractivity contribution in [3.63, 3.8) is 0 Å². The molecule has 18 heavy (non-hydrogen) atoms. The molecule has 1 aromatic heterocycles. The van der Waals surface area contributed by atoms with Crippen LogP contribution in [0.25, 0.3) is 0 Å². The predicted octanol–water partition coefficient (Wildman–Crippen LogP) is 1.56. The number of aromatic nitrogens is 2. The van der Waals surface area contributed by atoms with E-state index in [1.54, 1.807) is 10.9 Å². The average molecular weight is 251 g/mol. The summed E-state index contributed by atoms with van der Waals surface area (Å²) in [6.45, 7) is 0. The molecule has 1 aliphatic carbocycles. The minimum atomic E-state index is -0.396. The van der Waals surface area contributed by atoms with Crippen LogP contribution in [-0.2, 0) is 16.6 Å². The molecule has 1 unspecified atom stereocenters. The summed E-state index contributed by atoms with van der Waals surface area (Å²) in [7, 11) is 3.27. The smallest absolute Gasteiger partial charge is 0.327 e. The summed E-state index contributed by atoms with van der Waals surface area (Å²) >= 11 is 0. The first-order chi connectivity index (χ1) is 8.70. The van der Waals surface area contributed by atoms with Crippen molar-refractivity contribution in [2.24, 2.45) is 7.05 Å². The molecule has 100 valence electrons. The van der Waals surface area contributed by atoms with Gasteiger partial charge in [0.2, 0.25) is 0 Å². The Morgan fingerprint density at radius 3 is 2.78 bits per heavy atom. The quantitative estimate of drug-likeness (QED) is 0.825. The van der Waals surface area contributed by atoms with Crippen molar-refractivity contribution in [3.8, 4) is 0 Å². The first-order valence-corrected chi connectivity index (χ1v) is 6.53. The minimum absolute atomic E-state index is 0.242. The van der Waals surface area contributed by atoms with Crippen LogP contribution in [0.4, 0.5) is 0 Å². The average Bonchev–Trinajstić information content (AvgIpc) is 2.83. The standard InChI is InChI=1S/C13H21N3O2/c1-16-9-10(8-14-16)12(13(17)18-2)15-11-6-4-3-5-7-11/h8-9,11-12,15H,3-7H2,1-2H3. The number of nitrogens with one attached hydrogen (secondary N) is 1. The molecule has 0 bridgehead atoms. The maximum Gasteiger partial charge on any atom is 0.327 e. The van der Waals surface area contributed by atoms with Crippen LogP contribution in [0.1, 0.15) is 43.7 Å². The van der Waals surface area contributed by atoms with Crippen LogP contribution in [0, 0.1) is 0 Å². The van der Waals surface area contributed by atoms with E-state index >= 15 is 0 Å². The number of aryl methyl sites for hydroxylation is 1. The maximum atomic E-state index is 11.9. The Kier molecular flexibility index (Phi) is 4.36. The van der Waals surface area contributed by atoms with Crippen LogP contribution in [0.2, 0.25) is 0 Å². The highest BCUT2D eigenvalue weighted by Crippen LogP contribution is 2.22. The Bertz CT molecular complexity index is 397. The molecule has 1 atom stereocenters. The fourth-order valence-corrected chi connectivity index (χ4v) is 2.51. The Labute approximate surface area is 108 Å². The van der Waals surface area contributed by atoms with E-state index in [1.165, 1.54) is 26.4 Å². The van der Waals surface area contributed by atoms with Crippen LogP contribution in [-0.4, -0.2) is 28.9 Å². The maximum absolute atomic E-state index is 11.9. The van der Waals surface area contributed by atoms with Crippen molar-refractivity contribution in [3.05, 3.63) is 18.0 Å². The normalized spacial score (nSPS) is 18.6. The number of methoxy groups -OCH3 is 1. The molecular formula is C13H21N3O2. The summed E-state index contributed by atoms with van der Waals surface area (Å²) in [6.07, 6.45) is 9.61. The van der Waals surface area contributed by atoms with Gasteiger partial charge in [0, 0.05) is 24.8 Å². The highest BCUT2D eigenvalue weighted by atomic mass is 16.5. The van der Waals surface area contributed by atoms with E-state index in [9.17, 15) is 4.79 Å². The zero-order valence-electron chi connectivity index (χ0n) is 11.1. The molecule has 1 aliphatic rings. The summed E-state index contributed by atoms with van der Waals surface area (Å²) in [6, 6.07) is 0.00913. The topological polar surface area (TPSA) is 56.1 Å². The van der Waals surface area contributed by atoms with Gasteiger partial charge < -0.3 is 4.74 Å². The van der Waals surface area contributed by atoms with Gasteiger partial charge in [0.15, 0.2) is 0 Å². The molecule has 5 heteroatoms. The third kappa shape index (κ3) is 3.10. The number of hydrogen-bond donors (Lipinski definition) is 1. The first-order valence-electron chi connectivity index (χ1n) is 6.53. The fourth-order valence-electron chi connectivity index (χ4n) is 2.51. The lowest BCUT2D eigenvalue weighted by Crippen LogP contribution is -2.38. The molecule has 5 nitrogen and oxygen atoms in total. The summed E-state index contributed by atoms with van der Waals surface area (Å²) < 4.78 is 6.58. The largest absolute Gasteiger partial charge is 0.468 e. The van der Waals surface area contributed by atoms with E-state index in [4.69, 9.17) is 4.74 Å². The van der Waals surface area contributed by atoms with Crippen LogP contribution in [0.3, 0.4) is 0 Å². The molecule has 1 saturated carbocycles. The van der Waals surface area contributed by atoms with E-state index in [1.807, 2.05) is 13.2 Å². The van der Waals surface area contributed by atoms with E-state index in [2.05, 4.69) is 10.4 Å². The van der Waals surface area contributed by atoms with Crippen molar-refractivity contribution >= 4 is 5.97 Å². The van der Waals surface area contributed by atoms with Gasteiger partial charge in [-0.2, -0.15) is 5.10 Å². The summed E-state index contributed by atoms with van der Waals surface area (Å²) in [5.74, 6) is -0.242.